The lowest BCUT2D eigenvalue weighted by Gasteiger charge is -2.70. The molecule has 3 nitrogen and oxygen atoms in total. The van der Waals surface area contributed by atoms with E-state index in [4.69, 9.17) is 5.41 Å². The van der Waals surface area contributed by atoms with Crippen molar-refractivity contribution in [3.8, 4) is 0 Å². The van der Waals surface area contributed by atoms with E-state index in [0.29, 0.717) is 35.5 Å². The van der Waals surface area contributed by atoms with Gasteiger partial charge < -0.3 is 15.9 Å². The SMILES string of the molecule is C=C(C)[C@@H]1CC[C@H]2CC[C@]3(C)[C@H](CC[C@@H]4[C@@]5(C)CCC(=N)[C@@](C)(CO)[C@@H]5CC[C@]43C)[C@@H]1C2=N. The number of allylic oxidation sites excluding steroid dienone is 1. The van der Waals surface area contributed by atoms with E-state index in [0.717, 1.165) is 30.7 Å². The average molecular weight is 453 g/mol. The van der Waals surface area contributed by atoms with Gasteiger partial charge in [0.05, 0.1) is 6.61 Å². The van der Waals surface area contributed by atoms with Crippen LogP contribution in [0, 0.1) is 68.0 Å². The van der Waals surface area contributed by atoms with Crippen molar-refractivity contribution in [1.29, 1.82) is 10.8 Å². The monoisotopic (exact) mass is 452 g/mol. The summed E-state index contributed by atoms with van der Waals surface area (Å²) >= 11 is 0. The molecule has 0 saturated heterocycles. The molecule has 5 rings (SSSR count). The lowest BCUT2D eigenvalue weighted by Crippen LogP contribution is -2.65. The molecule has 0 aromatic carbocycles. The third-order valence-electron chi connectivity index (χ3n) is 13.0. The van der Waals surface area contributed by atoms with Crippen LogP contribution < -0.4 is 0 Å². The fourth-order valence-electron chi connectivity index (χ4n) is 10.9. The molecule has 5 aliphatic carbocycles. The van der Waals surface area contributed by atoms with Gasteiger partial charge in [-0.2, -0.15) is 0 Å². The standard InChI is InChI=1S/C30H48N2O/c1-18(2)20-8-7-19-11-15-29(5)21(25(20)26(19)32)9-10-23-27(3)14-13-24(31)28(4,17-33)22(27)12-16-30(23,29)6/h19-23,25,31-33H,1,7-17H2,2-6H3/t19-,20-,21+,22+,23+,25+,27-,28-,29+,30+/m0/s1. The molecule has 0 aromatic heterocycles. The molecular weight excluding hydrogens is 404 g/mol. The molecule has 5 fully saturated rings. The first kappa shape index (κ1) is 23.8. The Kier molecular flexibility index (Phi) is 5.41. The molecule has 3 N–H and O–H groups in total. The number of nitrogens with one attached hydrogen (secondary N) is 2. The Morgan fingerprint density at radius 3 is 2.27 bits per heavy atom. The van der Waals surface area contributed by atoms with Crippen molar-refractivity contribution in [2.75, 3.05) is 6.61 Å². The first-order valence-corrected chi connectivity index (χ1v) is 13.9. The third kappa shape index (κ3) is 2.90. The first-order chi connectivity index (χ1) is 15.4. The van der Waals surface area contributed by atoms with Gasteiger partial charge in [-0.1, -0.05) is 39.8 Å². The van der Waals surface area contributed by atoms with Gasteiger partial charge in [0.15, 0.2) is 0 Å². The third-order valence-corrected chi connectivity index (χ3v) is 13.0. The average Bonchev–Trinajstić information content (AvgIpc) is 2.82. The maximum atomic E-state index is 10.4. The van der Waals surface area contributed by atoms with Crippen molar-refractivity contribution >= 4 is 11.4 Å². The van der Waals surface area contributed by atoms with Gasteiger partial charge in [-0.25, -0.2) is 0 Å². The smallest absolute Gasteiger partial charge is 0.0539 e. The van der Waals surface area contributed by atoms with Gasteiger partial charge in [0, 0.05) is 22.8 Å². The zero-order valence-electron chi connectivity index (χ0n) is 21.9. The molecule has 2 bridgehead atoms. The molecule has 0 aromatic rings. The minimum atomic E-state index is -0.348. The summed E-state index contributed by atoms with van der Waals surface area (Å²) in [7, 11) is 0. The van der Waals surface area contributed by atoms with Crippen LogP contribution in [0.5, 0.6) is 0 Å². The molecule has 10 atom stereocenters. The van der Waals surface area contributed by atoms with E-state index < -0.39 is 0 Å². The molecule has 0 aliphatic heterocycles. The Labute approximate surface area is 202 Å². The molecule has 5 aliphatic rings. The highest BCUT2D eigenvalue weighted by molar-refractivity contribution is 5.89. The summed E-state index contributed by atoms with van der Waals surface area (Å²) in [5.41, 5.74) is 3.55. The number of hydrogen-bond acceptors (Lipinski definition) is 3. The minimum Gasteiger partial charge on any atom is -0.395 e. The Hall–Kier alpha value is -0.960. The number of hydrogen-bond donors (Lipinski definition) is 3. The molecule has 0 spiro atoms. The summed E-state index contributed by atoms with van der Waals surface area (Å²) in [5.74, 6) is 3.06. The molecule has 33 heavy (non-hydrogen) atoms. The van der Waals surface area contributed by atoms with Crippen LogP contribution in [0.2, 0.25) is 0 Å². The molecular formula is C30H48N2O. The summed E-state index contributed by atoms with van der Waals surface area (Å²) in [4.78, 5) is 0. The van der Waals surface area contributed by atoms with E-state index in [1.165, 1.54) is 50.5 Å². The number of aliphatic hydroxyl groups is 1. The van der Waals surface area contributed by atoms with Crippen LogP contribution in [0.15, 0.2) is 12.2 Å². The van der Waals surface area contributed by atoms with Crippen LogP contribution in [-0.2, 0) is 0 Å². The fourth-order valence-corrected chi connectivity index (χ4v) is 10.9. The van der Waals surface area contributed by atoms with Crippen LogP contribution in [-0.4, -0.2) is 23.1 Å². The van der Waals surface area contributed by atoms with Crippen molar-refractivity contribution in [3.05, 3.63) is 12.2 Å². The lowest BCUT2D eigenvalue weighted by molar-refractivity contribution is -0.204. The summed E-state index contributed by atoms with van der Waals surface area (Å²) < 4.78 is 0. The number of aliphatic hydroxyl groups excluding tert-OH is 1. The Balaban J connectivity index is 1.58. The predicted molar refractivity (Wildman–Crippen MR) is 137 cm³/mol. The zero-order chi connectivity index (χ0) is 24.0. The minimum absolute atomic E-state index is 0.122. The second-order valence-corrected chi connectivity index (χ2v) is 14.0. The Morgan fingerprint density at radius 1 is 0.909 bits per heavy atom. The topological polar surface area (TPSA) is 67.9 Å². The van der Waals surface area contributed by atoms with Crippen LogP contribution in [0.25, 0.3) is 0 Å². The lowest BCUT2D eigenvalue weighted by atomic mass is 9.34. The van der Waals surface area contributed by atoms with E-state index in [9.17, 15) is 10.5 Å². The summed E-state index contributed by atoms with van der Waals surface area (Å²) in [6.07, 6.45) is 11.7. The van der Waals surface area contributed by atoms with Gasteiger partial charge in [-0.3, -0.25) is 0 Å². The van der Waals surface area contributed by atoms with Gasteiger partial charge >= 0.3 is 0 Å². The predicted octanol–water partition coefficient (Wildman–Crippen LogP) is 7.29. The largest absolute Gasteiger partial charge is 0.395 e. The summed E-state index contributed by atoms with van der Waals surface area (Å²) in [5, 5.41) is 28.4. The van der Waals surface area contributed by atoms with Crippen molar-refractivity contribution in [3.63, 3.8) is 0 Å². The number of rotatable bonds is 2. The van der Waals surface area contributed by atoms with E-state index in [1.54, 1.807) is 0 Å². The summed E-state index contributed by atoms with van der Waals surface area (Å²) in [6, 6.07) is 0. The van der Waals surface area contributed by atoms with Crippen LogP contribution in [0.3, 0.4) is 0 Å². The van der Waals surface area contributed by atoms with Crippen molar-refractivity contribution < 1.29 is 5.11 Å². The summed E-state index contributed by atoms with van der Waals surface area (Å²) in [6.45, 7) is 16.7. The highest BCUT2D eigenvalue weighted by Gasteiger charge is 2.68. The van der Waals surface area contributed by atoms with E-state index in [1.807, 2.05) is 0 Å². The van der Waals surface area contributed by atoms with Gasteiger partial charge in [0.1, 0.15) is 0 Å². The van der Waals surface area contributed by atoms with Gasteiger partial charge in [0.2, 0.25) is 0 Å². The van der Waals surface area contributed by atoms with Gasteiger partial charge in [-0.15, -0.1) is 0 Å². The maximum Gasteiger partial charge on any atom is 0.0539 e. The van der Waals surface area contributed by atoms with E-state index in [2.05, 4.69) is 41.2 Å². The van der Waals surface area contributed by atoms with Gasteiger partial charge in [0.25, 0.3) is 0 Å². The quantitative estimate of drug-likeness (QED) is 0.378. The number of fused-ring (bicyclic) bond motifs is 8. The van der Waals surface area contributed by atoms with Crippen molar-refractivity contribution in [2.24, 2.45) is 57.2 Å². The fraction of sp³-hybridized carbons (Fsp3) is 0.867. The second-order valence-electron chi connectivity index (χ2n) is 14.0. The van der Waals surface area contributed by atoms with E-state index >= 15 is 0 Å². The van der Waals surface area contributed by atoms with E-state index in [-0.39, 0.29) is 28.3 Å². The van der Waals surface area contributed by atoms with Gasteiger partial charge in [-0.05, 0) is 117 Å². The highest BCUT2D eigenvalue weighted by Crippen LogP contribution is 2.74. The molecule has 0 amide bonds. The van der Waals surface area contributed by atoms with Crippen LogP contribution >= 0.6 is 0 Å². The normalized spacial score (nSPS) is 54.0. The molecule has 184 valence electrons. The first-order valence-electron chi connectivity index (χ1n) is 13.9. The van der Waals surface area contributed by atoms with Crippen LogP contribution in [0.1, 0.15) is 98.8 Å². The Morgan fingerprint density at radius 2 is 1.61 bits per heavy atom. The molecule has 5 saturated carbocycles. The van der Waals surface area contributed by atoms with Crippen molar-refractivity contribution in [1.82, 2.24) is 0 Å². The van der Waals surface area contributed by atoms with Crippen molar-refractivity contribution in [2.45, 2.75) is 98.8 Å². The second kappa shape index (κ2) is 7.52. The van der Waals surface area contributed by atoms with Crippen LogP contribution in [0.4, 0.5) is 0 Å². The maximum absolute atomic E-state index is 10.4. The molecule has 3 heteroatoms. The molecule has 0 unspecified atom stereocenters. The molecule has 0 heterocycles. The zero-order valence-corrected chi connectivity index (χ0v) is 21.9. The highest BCUT2D eigenvalue weighted by atomic mass is 16.3. The Bertz CT molecular complexity index is 879. The molecule has 0 radical (unpaired) electrons.